The molecule has 3 aromatic rings. The Morgan fingerprint density at radius 3 is 2.42 bits per heavy atom. The highest BCUT2D eigenvalue weighted by Gasteiger charge is 2.12. The van der Waals surface area contributed by atoms with E-state index in [0.717, 1.165) is 41.0 Å². The number of aryl methyl sites for hydroxylation is 2. The normalized spacial score (nSPS) is 11.5. The molecule has 1 aromatic heterocycles. The first kappa shape index (κ1) is 17.0. The number of nitrogens with zero attached hydrogens (tertiary/aromatic N) is 2. The fraction of sp³-hybridized carbons (Fsp3) is 0.278. The smallest absolute Gasteiger partial charge is 0.144 e. The molecule has 0 aliphatic heterocycles. The van der Waals surface area contributed by atoms with Crippen molar-refractivity contribution in [3.05, 3.63) is 59.4 Å². The molecule has 0 unspecified atom stereocenters. The maximum atomic E-state index is 10.9. The largest absolute Gasteiger partial charge is 0.296 e. The Morgan fingerprint density at radius 2 is 1.79 bits per heavy atom. The molecule has 0 radical (unpaired) electrons. The van der Waals surface area contributed by atoms with Crippen molar-refractivity contribution in [2.75, 3.05) is 5.88 Å². The number of hydrogen-bond donors (Lipinski definition) is 1. The van der Waals surface area contributed by atoms with Gasteiger partial charge < -0.3 is 0 Å². The van der Waals surface area contributed by atoms with E-state index >= 15 is 0 Å². The first-order chi connectivity index (χ1) is 11.6. The number of rotatable bonds is 6. The van der Waals surface area contributed by atoms with Crippen LogP contribution in [0.4, 0.5) is 0 Å². The van der Waals surface area contributed by atoms with Gasteiger partial charge in [-0.3, -0.25) is 4.57 Å². The predicted octanol–water partition coefficient (Wildman–Crippen LogP) is 3.48. The van der Waals surface area contributed by atoms with Crippen LogP contribution < -0.4 is 0 Å². The van der Waals surface area contributed by atoms with Gasteiger partial charge >= 0.3 is 0 Å². The van der Waals surface area contributed by atoms with Crippen molar-refractivity contribution in [2.24, 2.45) is 0 Å². The standard InChI is InChI=1S/C18H19ClN2O2S/c1-2-18-20-16-11-14(12-24(22)23)5-8-17(16)21(18)15-6-3-13(4-7-15)9-10-19/h3-8,11,24H,2,9-10,12H2,1H3. The van der Waals surface area contributed by atoms with Gasteiger partial charge in [0, 0.05) is 18.0 Å². The Kier molecular flexibility index (Phi) is 5.21. The highest BCUT2D eigenvalue weighted by atomic mass is 35.5. The summed E-state index contributed by atoms with van der Waals surface area (Å²) in [7, 11) is -2.43. The third-order valence-corrected chi connectivity index (χ3v) is 4.81. The van der Waals surface area contributed by atoms with E-state index in [1.54, 1.807) is 0 Å². The van der Waals surface area contributed by atoms with Crippen LogP contribution >= 0.6 is 11.6 Å². The van der Waals surface area contributed by atoms with Gasteiger partial charge in [0.2, 0.25) is 0 Å². The molecule has 6 heteroatoms. The molecule has 0 N–H and O–H groups in total. The molecule has 0 spiro atoms. The van der Waals surface area contributed by atoms with Crippen LogP contribution in [0.2, 0.25) is 0 Å². The zero-order chi connectivity index (χ0) is 17.1. The monoisotopic (exact) mass is 362 g/mol. The summed E-state index contributed by atoms with van der Waals surface area (Å²) in [5.74, 6) is 1.61. The van der Waals surface area contributed by atoms with Gasteiger partial charge in [-0.2, -0.15) is 0 Å². The van der Waals surface area contributed by atoms with E-state index in [4.69, 9.17) is 11.6 Å². The molecule has 0 bridgehead atoms. The molecule has 4 nitrogen and oxygen atoms in total. The minimum absolute atomic E-state index is 0.0483. The van der Waals surface area contributed by atoms with Gasteiger partial charge in [-0.1, -0.05) is 25.1 Å². The van der Waals surface area contributed by atoms with Crippen molar-refractivity contribution in [1.29, 1.82) is 0 Å². The molecule has 2 aromatic carbocycles. The average Bonchev–Trinajstić information content (AvgIpc) is 2.93. The molecule has 0 saturated carbocycles. The molecule has 1 heterocycles. The summed E-state index contributed by atoms with van der Waals surface area (Å²) < 4.78 is 24.0. The van der Waals surface area contributed by atoms with Gasteiger partial charge in [-0.15, -0.1) is 11.6 Å². The molecule has 0 saturated heterocycles. The number of thiol groups is 1. The highest BCUT2D eigenvalue weighted by Crippen LogP contribution is 2.24. The van der Waals surface area contributed by atoms with Gasteiger partial charge in [0.15, 0.2) is 0 Å². The fourth-order valence-electron chi connectivity index (χ4n) is 2.87. The molecule has 24 heavy (non-hydrogen) atoms. The van der Waals surface area contributed by atoms with Gasteiger partial charge in [-0.05, 0) is 41.8 Å². The molecule has 0 atom stereocenters. The predicted molar refractivity (Wildman–Crippen MR) is 98.9 cm³/mol. The number of benzene rings is 2. The Labute approximate surface area is 148 Å². The van der Waals surface area contributed by atoms with Crippen molar-refractivity contribution in [2.45, 2.75) is 25.5 Å². The van der Waals surface area contributed by atoms with E-state index in [2.05, 4.69) is 40.7 Å². The SMILES string of the molecule is CCc1nc2cc(C[SH](=O)=O)ccc2n1-c1ccc(CCCl)cc1. The zero-order valence-corrected chi connectivity index (χ0v) is 15.1. The molecule has 0 amide bonds. The lowest BCUT2D eigenvalue weighted by Crippen LogP contribution is -2.00. The minimum atomic E-state index is -2.43. The lowest BCUT2D eigenvalue weighted by Gasteiger charge is -2.09. The number of halogens is 1. The van der Waals surface area contributed by atoms with E-state index in [-0.39, 0.29) is 5.75 Å². The third kappa shape index (κ3) is 3.47. The Balaban J connectivity index is 2.08. The zero-order valence-electron chi connectivity index (χ0n) is 13.4. The van der Waals surface area contributed by atoms with Crippen LogP contribution in [0.5, 0.6) is 0 Å². The summed E-state index contributed by atoms with van der Waals surface area (Å²) in [5, 5.41) is 0. The molecule has 3 rings (SSSR count). The Hall–Kier alpha value is -1.85. The molecule has 0 aliphatic carbocycles. The number of hydrogen-bond acceptors (Lipinski definition) is 3. The second-order valence-electron chi connectivity index (χ2n) is 5.64. The van der Waals surface area contributed by atoms with E-state index in [0.29, 0.717) is 5.88 Å². The van der Waals surface area contributed by atoms with Gasteiger partial charge in [0.1, 0.15) is 16.5 Å². The van der Waals surface area contributed by atoms with E-state index in [1.165, 1.54) is 5.56 Å². The van der Waals surface area contributed by atoms with Crippen LogP contribution in [0.1, 0.15) is 23.9 Å². The summed E-state index contributed by atoms with van der Waals surface area (Å²) in [6.07, 6.45) is 1.65. The van der Waals surface area contributed by atoms with E-state index < -0.39 is 10.7 Å². The van der Waals surface area contributed by atoms with Crippen molar-refractivity contribution >= 4 is 33.3 Å². The van der Waals surface area contributed by atoms with Crippen LogP contribution in [0.3, 0.4) is 0 Å². The second kappa shape index (κ2) is 7.36. The molecule has 126 valence electrons. The van der Waals surface area contributed by atoms with Crippen molar-refractivity contribution in [1.82, 2.24) is 9.55 Å². The molecule has 0 aliphatic rings. The van der Waals surface area contributed by atoms with E-state index in [1.807, 2.05) is 18.2 Å². The first-order valence-corrected chi connectivity index (χ1v) is 9.79. The Morgan fingerprint density at radius 1 is 1.08 bits per heavy atom. The van der Waals surface area contributed by atoms with Gasteiger partial charge in [-0.25, -0.2) is 13.4 Å². The number of fused-ring (bicyclic) bond motifs is 1. The van der Waals surface area contributed by atoms with Crippen LogP contribution in [-0.2, 0) is 29.3 Å². The number of alkyl halides is 1. The number of imidazole rings is 1. The van der Waals surface area contributed by atoms with Crippen molar-refractivity contribution in [3.8, 4) is 5.69 Å². The topological polar surface area (TPSA) is 52.0 Å². The summed E-state index contributed by atoms with van der Waals surface area (Å²) in [6, 6.07) is 14.0. The van der Waals surface area contributed by atoms with Crippen molar-refractivity contribution in [3.63, 3.8) is 0 Å². The molecular weight excluding hydrogens is 344 g/mol. The summed E-state index contributed by atoms with van der Waals surface area (Å²) in [5.41, 5.74) is 4.84. The minimum Gasteiger partial charge on any atom is -0.296 e. The average molecular weight is 363 g/mol. The summed E-state index contributed by atoms with van der Waals surface area (Å²) >= 11 is 5.79. The quantitative estimate of drug-likeness (QED) is 0.539. The maximum Gasteiger partial charge on any atom is 0.144 e. The molecule has 0 fully saturated rings. The molecular formula is C18H19ClN2O2S. The number of aromatic nitrogens is 2. The van der Waals surface area contributed by atoms with Crippen LogP contribution in [0.25, 0.3) is 16.7 Å². The Bertz CT molecular complexity index is 922. The van der Waals surface area contributed by atoms with Crippen LogP contribution in [0, 0.1) is 0 Å². The summed E-state index contributed by atoms with van der Waals surface area (Å²) in [6.45, 7) is 2.06. The van der Waals surface area contributed by atoms with Crippen molar-refractivity contribution < 1.29 is 8.42 Å². The van der Waals surface area contributed by atoms with Gasteiger partial charge in [0.25, 0.3) is 0 Å². The fourth-order valence-corrected chi connectivity index (χ4v) is 3.58. The highest BCUT2D eigenvalue weighted by molar-refractivity contribution is 7.71. The first-order valence-electron chi connectivity index (χ1n) is 7.89. The van der Waals surface area contributed by atoms with Crippen LogP contribution in [0.15, 0.2) is 42.5 Å². The third-order valence-electron chi connectivity index (χ3n) is 3.99. The summed E-state index contributed by atoms with van der Waals surface area (Å²) in [4.78, 5) is 4.68. The van der Waals surface area contributed by atoms with E-state index in [9.17, 15) is 8.42 Å². The second-order valence-corrected chi connectivity index (χ2v) is 7.00. The van der Waals surface area contributed by atoms with Crippen LogP contribution in [-0.4, -0.2) is 23.8 Å². The van der Waals surface area contributed by atoms with Gasteiger partial charge in [0.05, 0.1) is 16.8 Å². The lowest BCUT2D eigenvalue weighted by molar-refractivity contribution is 0.614. The maximum absolute atomic E-state index is 10.9. The lowest BCUT2D eigenvalue weighted by atomic mass is 10.1.